The van der Waals surface area contributed by atoms with Crippen LogP contribution in [-0.2, 0) is 0 Å². The maximum atomic E-state index is 12.5. The zero-order valence-electron chi connectivity index (χ0n) is 11.7. The fourth-order valence-electron chi connectivity index (χ4n) is 3.46. The first-order valence-electron chi connectivity index (χ1n) is 7.56. The Balaban J connectivity index is 1.68. The fraction of sp³-hybridized carbons (Fsp3) is 0.562. The molecule has 0 bridgehead atoms. The Bertz CT molecular complexity index is 483. The van der Waals surface area contributed by atoms with Crippen molar-refractivity contribution in [1.82, 2.24) is 10.2 Å². The monoisotopic (exact) mass is 274 g/mol. The molecule has 2 aliphatic rings. The molecule has 2 aliphatic heterocycles. The number of likely N-dealkylation sites (tertiary alicyclic amines) is 1. The number of amides is 1. The van der Waals surface area contributed by atoms with Gasteiger partial charge in [0.15, 0.2) is 0 Å². The van der Waals surface area contributed by atoms with Crippen LogP contribution in [0.1, 0.15) is 36.0 Å². The molecule has 0 saturated carbocycles. The van der Waals surface area contributed by atoms with Gasteiger partial charge in [-0.2, -0.15) is 0 Å². The molecule has 4 heteroatoms. The SMILES string of the molecule is O=C(c1cccc(O)c1)N1CCCC(C2CCCN2)C1. The van der Waals surface area contributed by atoms with E-state index in [0.29, 0.717) is 17.5 Å². The Morgan fingerprint density at radius 3 is 2.95 bits per heavy atom. The third-order valence-electron chi connectivity index (χ3n) is 4.51. The Morgan fingerprint density at radius 2 is 2.20 bits per heavy atom. The van der Waals surface area contributed by atoms with Crippen LogP contribution in [0.15, 0.2) is 24.3 Å². The molecule has 1 amide bonds. The van der Waals surface area contributed by atoms with Crippen LogP contribution in [0.4, 0.5) is 0 Å². The van der Waals surface area contributed by atoms with Crippen LogP contribution in [0.25, 0.3) is 0 Å². The molecule has 0 aliphatic carbocycles. The average molecular weight is 274 g/mol. The molecule has 1 aromatic carbocycles. The Hall–Kier alpha value is -1.55. The van der Waals surface area contributed by atoms with Gasteiger partial charge in [0.05, 0.1) is 0 Å². The number of carbonyl (C=O) groups is 1. The summed E-state index contributed by atoms with van der Waals surface area (Å²) in [6.45, 7) is 2.78. The van der Waals surface area contributed by atoms with Gasteiger partial charge in [-0.05, 0) is 56.3 Å². The van der Waals surface area contributed by atoms with E-state index in [-0.39, 0.29) is 11.7 Å². The van der Waals surface area contributed by atoms with Crippen LogP contribution < -0.4 is 5.32 Å². The quantitative estimate of drug-likeness (QED) is 0.867. The van der Waals surface area contributed by atoms with Gasteiger partial charge >= 0.3 is 0 Å². The van der Waals surface area contributed by atoms with Crippen molar-refractivity contribution >= 4 is 5.91 Å². The number of hydrogen-bond acceptors (Lipinski definition) is 3. The molecule has 2 fully saturated rings. The minimum absolute atomic E-state index is 0.0450. The summed E-state index contributed by atoms with van der Waals surface area (Å²) >= 11 is 0. The summed E-state index contributed by atoms with van der Waals surface area (Å²) in [5.74, 6) is 0.776. The van der Waals surface area contributed by atoms with Gasteiger partial charge in [-0.1, -0.05) is 6.07 Å². The van der Waals surface area contributed by atoms with Crippen molar-refractivity contribution < 1.29 is 9.90 Å². The highest BCUT2D eigenvalue weighted by atomic mass is 16.3. The topological polar surface area (TPSA) is 52.6 Å². The molecule has 0 radical (unpaired) electrons. The molecular formula is C16H22N2O2. The van der Waals surface area contributed by atoms with E-state index < -0.39 is 0 Å². The van der Waals surface area contributed by atoms with Crippen molar-refractivity contribution in [1.29, 1.82) is 0 Å². The summed E-state index contributed by atoms with van der Waals surface area (Å²) in [5.41, 5.74) is 0.588. The zero-order chi connectivity index (χ0) is 13.9. The molecule has 2 N–H and O–H groups in total. The van der Waals surface area contributed by atoms with Crippen LogP contribution in [-0.4, -0.2) is 41.6 Å². The highest BCUT2D eigenvalue weighted by molar-refractivity contribution is 5.94. The average Bonchev–Trinajstić information content (AvgIpc) is 3.01. The highest BCUT2D eigenvalue weighted by Crippen LogP contribution is 2.26. The molecule has 2 unspecified atom stereocenters. The summed E-state index contributed by atoms with van der Waals surface area (Å²) in [4.78, 5) is 14.5. The Kier molecular flexibility index (Phi) is 3.92. The molecule has 3 rings (SSSR count). The first-order chi connectivity index (χ1) is 9.74. The summed E-state index contributed by atoms with van der Waals surface area (Å²) in [5, 5.41) is 13.1. The second-order valence-electron chi connectivity index (χ2n) is 5.91. The van der Waals surface area contributed by atoms with Crippen LogP contribution in [0.3, 0.4) is 0 Å². The molecule has 2 saturated heterocycles. The molecule has 0 aromatic heterocycles. The van der Waals surface area contributed by atoms with Gasteiger partial charge in [-0.15, -0.1) is 0 Å². The number of benzene rings is 1. The molecule has 0 spiro atoms. The number of nitrogens with zero attached hydrogens (tertiary/aromatic N) is 1. The number of carbonyl (C=O) groups excluding carboxylic acids is 1. The standard InChI is InChI=1S/C16H22N2O2/c19-14-6-1-4-12(10-14)16(20)18-9-3-5-13(11-18)15-7-2-8-17-15/h1,4,6,10,13,15,17,19H,2-3,5,7-9,11H2. The molecule has 2 heterocycles. The van der Waals surface area contributed by atoms with Crippen LogP contribution in [0.5, 0.6) is 5.75 Å². The molecule has 2 atom stereocenters. The number of phenols is 1. The first kappa shape index (κ1) is 13.4. The van der Waals surface area contributed by atoms with Crippen molar-refractivity contribution in [2.45, 2.75) is 31.7 Å². The zero-order valence-corrected chi connectivity index (χ0v) is 11.7. The van der Waals surface area contributed by atoms with Crippen LogP contribution in [0, 0.1) is 5.92 Å². The van der Waals surface area contributed by atoms with Crippen LogP contribution in [0.2, 0.25) is 0 Å². The van der Waals surface area contributed by atoms with E-state index in [2.05, 4.69) is 5.32 Å². The second kappa shape index (κ2) is 5.83. The van der Waals surface area contributed by atoms with E-state index in [0.717, 1.165) is 26.1 Å². The van der Waals surface area contributed by atoms with Gasteiger partial charge in [0.25, 0.3) is 5.91 Å². The van der Waals surface area contributed by atoms with Gasteiger partial charge in [-0.25, -0.2) is 0 Å². The van der Waals surface area contributed by atoms with E-state index in [1.807, 2.05) is 4.90 Å². The third kappa shape index (κ3) is 2.80. The van der Waals surface area contributed by atoms with Gasteiger partial charge in [-0.3, -0.25) is 4.79 Å². The highest BCUT2D eigenvalue weighted by Gasteiger charge is 2.31. The van der Waals surface area contributed by atoms with Crippen molar-refractivity contribution in [3.8, 4) is 5.75 Å². The van der Waals surface area contributed by atoms with Crippen molar-refractivity contribution in [2.24, 2.45) is 5.92 Å². The molecule has 20 heavy (non-hydrogen) atoms. The lowest BCUT2D eigenvalue weighted by molar-refractivity contribution is 0.0650. The molecule has 4 nitrogen and oxygen atoms in total. The summed E-state index contributed by atoms with van der Waals surface area (Å²) in [6.07, 6.45) is 4.77. The van der Waals surface area contributed by atoms with Crippen molar-refractivity contribution in [3.05, 3.63) is 29.8 Å². The fourth-order valence-corrected chi connectivity index (χ4v) is 3.46. The van der Waals surface area contributed by atoms with Crippen LogP contribution >= 0.6 is 0 Å². The van der Waals surface area contributed by atoms with Gasteiger partial charge < -0.3 is 15.3 Å². The van der Waals surface area contributed by atoms with Gasteiger partial charge in [0.2, 0.25) is 0 Å². The lowest BCUT2D eigenvalue weighted by atomic mass is 9.89. The van der Waals surface area contributed by atoms with E-state index >= 15 is 0 Å². The van der Waals surface area contributed by atoms with Crippen molar-refractivity contribution in [3.63, 3.8) is 0 Å². The summed E-state index contributed by atoms with van der Waals surface area (Å²) in [6, 6.07) is 7.23. The van der Waals surface area contributed by atoms with Gasteiger partial charge in [0, 0.05) is 24.7 Å². The maximum absolute atomic E-state index is 12.5. The maximum Gasteiger partial charge on any atom is 0.253 e. The van der Waals surface area contributed by atoms with Gasteiger partial charge in [0.1, 0.15) is 5.75 Å². The molecular weight excluding hydrogens is 252 g/mol. The molecule has 1 aromatic rings. The third-order valence-corrected chi connectivity index (χ3v) is 4.51. The normalized spacial score (nSPS) is 26.7. The van der Waals surface area contributed by atoms with E-state index in [1.54, 1.807) is 24.3 Å². The van der Waals surface area contributed by atoms with E-state index in [4.69, 9.17) is 0 Å². The Labute approximate surface area is 119 Å². The number of phenolic OH excluding ortho intramolecular Hbond substituents is 1. The van der Waals surface area contributed by atoms with E-state index in [1.165, 1.54) is 19.3 Å². The smallest absolute Gasteiger partial charge is 0.253 e. The molecule has 108 valence electrons. The lowest BCUT2D eigenvalue weighted by Gasteiger charge is -2.36. The summed E-state index contributed by atoms with van der Waals surface area (Å²) < 4.78 is 0. The number of hydrogen-bond donors (Lipinski definition) is 2. The predicted octanol–water partition coefficient (Wildman–Crippen LogP) is 2.00. The number of piperidine rings is 1. The first-order valence-corrected chi connectivity index (χ1v) is 7.56. The summed E-state index contributed by atoms with van der Waals surface area (Å²) in [7, 11) is 0. The van der Waals surface area contributed by atoms with Crippen molar-refractivity contribution in [2.75, 3.05) is 19.6 Å². The Morgan fingerprint density at radius 1 is 1.30 bits per heavy atom. The predicted molar refractivity (Wildman–Crippen MR) is 77.8 cm³/mol. The number of aromatic hydroxyl groups is 1. The number of nitrogens with one attached hydrogen (secondary N) is 1. The largest absolute Gasteiger partial charge is 0.508 e. The second-order valence-corrected chi connectivity index (χ2v) is 5.91. The minimum atomic E-state index is 0.0450. The minimum Gasteiger partial charge on any atom is -0.508 e. The van der Waals surface area contributed by atoms with E-state index in [9.17, 15) is 9.90 Å². The number of rotatable bonds is 2. The lowest BCUT2D eigenvalue weighted by Crippen LogP contribution is -2.45.